The first kappa shape index (κ1) is 15.2. The molecule has 96 valence electrons. The number of amides is 1. The molecule has 16 heavy (non-hydrogen) atoms. The molecule has 1 amide bonds. The van der Waals surface area contributed by atoms with Crippen LogP contribution < -0.4 is 11.1 Å². The zero-order valence-electron chi connectivity index (χ0n) is 9.47. The van der Waals surface area contributed by atoms with Crippen molar-refractivity contribution < 1.29 is 22.7 Å². The summed E-state index contributed by atoms with van der Waals surface area (Å²) in [6.45, 7) is 3.99. The van der Waals surface area contributed by atoms with Gasteiger partial charge in [-0.2, -0.15) is 13.2 Å². The molecule has 0 aliphatic heterocycles. The van der Waals surface area contributed by atoms with E-state index in [1.807, 2.05) is 0 Å². The van der Waals surface area contributed by atoms with Gasteiger partial charge in [-0.15, -0.1) is 0 Å². The van der Waals surface area contributed by atoms with Gasteiger partial charge in [0.05, 0.1) is 6.61 Å². The molecule has 0 aromatic carbocycles. The minimum absolute atomic E-state index is 0.0673. The Morgan fingerprint density at radius 3 is 2.19 bits per heavy atom. The Balaban J connectivity index is 4.17. The van der Waals surface area contributed by atoms with Gasteiger partial charge in [-0.05, 0) is 6.92 Å². The van der Waals surface area contributed by atoms with Gasteiger partial charge in [0.15, 0.2) is 6.10 Å². The summed E-state index contributed by atoms with van der Waals surface area (Å²) >= 11 is 0. The summed E-state index contributed by atoms with van der Waals surface area (Å²) in [5.41, 5.74) is 5.02. The minimum Gasteiger partial charge on any atom is -0.368 e. The molecule has 0 saturated carbocycles. The summed E-state index contributed by atoms with van der Waals surface area (Å²) in [5.74, 6) is -0.733. The van der Waals surface area contributed by atoms with Crippen molar-refractivity contribution in [3.8, 4) is 0 Å². The highest BCUT2D eigenvalue weighted by molar-refractivity contribution is 5.80. The van der Waals surface area contributed by atoms with Gasteiger partial charge in [-0.25, -0.2) is 0 Å². The normalized spacial score (nSPS) is 16.2. The molecule has 0 spiro atoms. The average Bonchev–Trinajstić information content (AvgIpc) is 2.08. The summed E-state index contributed by atoms with van der Waals surface area (Å²) < 4.78 is 40.8. The van der Waals surface area contributed by atoms with E-state index in [1.54, 1.807) is 13.8 Å². The van der Waals surface area contributed by atoms with Gasteiger partial charge in [0.2, 0.25) is 5.91 Å². The lowest BCUT2D eigenvalue weighted by Gasteiger charge is -2.22. The van der Waals surface area contributed by atoms with Gasteiger partial charge >= 0.3 is 6.18 Å². The molecule has 0 radical (unpaired) electrons. The van der Waals surface area contributed by atoms with Crippen LogP contribution in [0.1, 0.15) is 20.8 Å². The van der Waals surface area contributed by atoms with Crippen molar-refractivity contribution in [1.82, 2.24) is 5.32 Å². The number of hydrogen-bond acceptors (Lipinski definition) is 3. The fourth-order valence-corrected chi connectivity index (χ4v) is 0.950. The van der Waals surface area contributed by atoms with Crippen molar-refractivity contribution in [2.75, 3.05) is 6.61 Å². The molecule has 0 saturated heterocycles. The molecule has 7 heteroatoms. The maximum Gasteiger partial charge on any atom is 0.414 e. The Kier molecular flexibility index (Phi) is 5.74. The van der Waals surface area contributed by atoms with E-state index in [1.165, 1.54) is 0 Å². The van der Waals surface area contributed by atoms with Crippen molar-refractivity contribution in [3.63, 3.8) is 0 Å². The van der Waals surface area contributed by atoms with Gasteiger partial charge in [0, 0.05) is 6.04 Å². The van der Waals surface area contributed by atoms with E-state index in [0.717, 1.165) is 6.92 Å². The van der Waals surface area contributed by atoms with Crippen LogP contribution in [0.5, 0.6) is 0 Å². The van der Waals surface area contributed by atoms with Crippen LogP contribution in [0, 0.1) is 0 Å². The first-order valence-corrected chi connectivity index (χ1v) is 4.88. The fourth-order valence-electron chi connectivity index (χ4n) is 0.950. The molecule has 0 rings (SSSR count). The molecule has 4 nitrogen and oxygen atoms in total. The first-order valence-electron chi connectivity index (χ1n) is 4.88. The molecular formula is C9H17F3N2O2. The zero-order valence-corrected chi connectivity index (χ0v) is 9.47. The Morgan fingerprint density at radius 2 is 1.88 bits per heavy atom. The van der Waals surface area contributed by atoms with Crippen LogP contribution in [0.2, 0.25) is 0 Å². The van der Waals surface area contributed by atoms with E-state index in [-0.39, 0.29) is 6.04 Å². The smallest absolute Gasteiger partial charge is 0.368 e. The van der Waals surface area contributed by atoms with E-state index in [4.69, 9.17) is 5.73 Å². The highest BCUT2D eigenvalue weighted by Crippen LogP contribution is 2.22. The van der Waals surface area contributed by atoms with Crippen molar-refractivity contribution in [3.05, 3.63) is 0 Å². The molecule has 0 aliphatic rings. The number of carbonyl (C=O) groups is 1. The summed E-state index contributed by atoms with van der Waals surface area (Å²) in [4.78, 5) is 10.9. The molecule has 0 bridgehead atoms. The summed E-state index contributed by atoms with van der Waals surface area (Å²) in [5, 5.41) is 2.72. The number of carbonyl (C=O) groups excluding carboxylic acids is 1. The molecular weight excluding hydrogens is 225 g/mol. The molecule has 0 heterocycles. The fraction of sp³-hybridized carbons (Fsp3) is 0.889. The van der Waals surface area contributed by atoms with Crippen LogP contribution in [-0.2, 0) is 9.53 Å². The molecule has 0 fully saturated rings. The second-order valence-corrected chi connectivity index (χ2v) is 3.79. The number of alkyl halides is 3. The third kappa shape index (κ3) is 5.92. The molecule has 0 aromatic rings. The van der Waals surface area contributed by atoms with Gasteiger partial charge in [-0.3, -0.25) is 4.79 Å². The second kappa shape index (κ2) is 6.05. The van der Waals surface area contributed by atoms with E-state index < -0.39 is 30.8 Å². The topological polar surface area (TPSA) is 64.3 Å². The second-order valence-electron chi connectivity index (χ2n) is 3.79. The number of nitrogens with one attached hydrogen (secondary N) is 1. The number of primary amides is 1. The van der Waals surface area contributed by atoms with Crippen molar-refractivity contribution in [2.24, 2.45) is 5.73 Å². The molecule has 2 atom stereocenters. The number of rotatable bonds is 6. The van der Waals surface area contributed by atoms with Crippen LogP contribution in [-0.4, -0.2) is 36.9 Å². The number of hydrogen-bond donors (Lipinski definition) is 2. The maximum atomic E-state index is 12.1. The third-order valence-corrected chi connectivity index (χ3v) is 1.85. The Hall–Kier alpha value is -0.820. The van der Waals surface area contributed by atoms with Crippen LogP contribution in [0.3, 0.4) is 0 Å². The van der Waals surface area contributed by atoms with Crippen molar-refractivity contribution in [2.45, 2.75) is 45.1 Å². The SMILES string of the molecule is CC(C)NC(COC(C)C(F)(F)F)C(N)=O. The van der Waals surface area contributed by atoms with Gasteiger partial charge in [0.1, 0.15) is 6.04 Å². The lowest BCUT2D eigenvalue weighted by atomic mass is 10.2. The minimum atomic E-state index is -4.43. The average molecular weight is 242 g/mol. The lowest BCUT2D eigenvalue weighted by molar-refractivity contribution is -0.215. The van der Waals surface area contributed by atoms with Gasteiger partial charge in [0.25, 0.3) is 0 Å². The monoisotopic (exact) mass is 242 g/mol. The summed E-state index contributed by atoms with van der Waals surface area (Å²) in [6, 6.07) is -0.980. The number of ether oxygens (including phenoxy) is 1. The Labute approximate surface area is 92.3 Å². The number of nitrogens with two attached hydrogens (primary N) is 1. The van der Waals surface area contributed by atoms with Crippen molar-refractivity contribution >= 4 is 5.91 Å². The predicted octanol–water partition coefficient (Wildman–Crippen LogP) is 0.806. The maximum absolute atomic E-state index is 12.1. The Bertz CT molecular complexity index is 231. The van der Waals surface area contributed by atoms with Crippen molar-refractivity contribution in [1.29, 1.82) is 0 Å². The van der Waals surface area contributed by atoms with Gasteiger partial charge in [-0.1, -0.05) is 13.8 Å². The van der Waals surface area contributed by atoms with E-state index in [0.29, 0.717) is 0 Å². The zero-order chi connectivity index (χ0) is 12.9. The van der Waals surface area contributed by atoms with E-state index in [2.05, 4.69) is 10.1 Å². The predicted molar refractivity (Wildman–Crippen MR) is 52.7 cm³/mol. The van der Waals surface area contributed by atoms with Crippen LogP contribution in [0.4, 0.5) is 13.2 Å². The van der Waals surface area contributed by atoms with Crippen LogP contribution in [0.25, 0.3) is 0 Å². The number of halogens is 3. The van der Waals surface area contributed by atoms with E-state index in [9.17, 15) is 18.0 Å². The highest BCUT2D eigenvalue weighted by Gasteiger charge is 2.37. The molecule has 0 aromatic heterocycles. The Morgan fingerprint density at radius 1 is 1.38 bits per heavy atom. The summed E-state index contributed by atoms with van der Waals surface area (Å²) in [6.07, 6.45) is -6.34. The summed E-state index contributed by atoms with van der Waals surface area (Å²) in [7, 11) is 0. The molecule has 3 N–H and O–H groups in total. The van der Waals surface area contributed by atoms with Crippen LogP contribution in [0.15, 0.2) is 0 Å². The quantitative estimate of drug-likeness (QED) is 0.724. The lowest BCUT2D eigenvalue weighted by Crippen LogP contribution is -2.48. The first-order chi connectivity index (χ1) is 7.14. The van der Waals surface area contributed by atoms with Gasteiger partial charge < -0.3 is 15.8 Å². The van der Waals surface area contributed by atoms with E-state index >= 15 is 0 Å². The van der Waals surface area contributed by atoms with Crippen LogP contribution >= 0.6 is 0 Å². The standard InChI is InChI=1S/C9H17F3N2O2/c1-5(2)14-7(8(13)15)4-16-6(3)9(10,11)12/h5-7,14H,4H2,1-3H3,(H2,13,15). The molecule has 0 aliphatic carbocycles. The third-order valence-electron chi connectivity index (χ3n) is 1.85. The highest BCUT2D eigenvalue weighted by atomic mass is 19.4. The molecule has 2 unspecified atom stereocenters. The largest absolute Gasteiger partial charge is 0.414 e.